The number of carbonyl (C=O) groups is 1. The topological polar surface area (TPSA) is 20.3 Å². The van der Waals surface area contributed by atoms with Gasteiger partial charge in [0, 0.05) is 12.7 Å². The number of alkyl halides is 3. The zero-order valence-electron chi connectivity index (χ0n) is 8.60. The average Bonchev–Trinajstić information content (AvgIpc) is 2.15. The van der Waals surface area contributed by atoms with Crippen LogP contribution < -0.4 is 4.90 Å². The number of rotatable bonds is 1. The fourth-order valence-electron chi connectivity index (χ4n) is 1.39. The highest BCUT2D eigenvalue weighted by atomic mass is 35.5. The minimum Gasteiger partial charge on any atom is -0.302 e. The third-order valence-corrected chi connectivity index (χ3v) is 2.49. The van der Waals surface area contributed by atoms with Crippen LogP contribution in [0.5, 0.6) is 0 Å². The van der Waals surface area contributed by atoms with Gasteiger partial charge in [-0.3, -0.25) is 4.79 Å². The summed E-state index contributed by atoms with van der Waals surface area (Å²) in [7, 11) is 1.32. The number of hydrogen-bond acceptors (Lipinski definition) is 1. The lowest BCUT2D eigenvalue weighted by atomic mass is 10.1. The number of hydrogen-bond donors (Lipinski definition) is 0. The second kappa shape index (κ2) is 4.33. The molecule has 0 saturated heterocycles. The number of nitrogens with zero attached hydrogens (tertiary/aromatic N) is 1. The summed E-state index contributed by atoms with van der Waals surface area (Å²) in [4.78, 5) is 11.8. The Bertz CT molecular complexity index is 417. The molecular weight excluding hydrogens is 243 g/mol. The van der Waals surface area contributed by atoms with Crippen LogP contribution in [0.25, 0.3) is 0 Å². The standard InChI is InChI=1S/C10H9ClF3NO/c1-6-7(10(12,13)14)4-3-5-8(6)15(2)9(11)16/h3-5H,1-2H3. The van der Waals surface area contributed by atoms with E-state index in [2.05, 4.69) is 0 Å². The van der Waals surface area contributed by atoms with E-state index in [4.69, 9.17) is 11.6 Å². The highest BCUT2D eigenvalue weighted by Gasteiger charge is 2.33. The van der Waals surface area contributed by atoms with Crippen LogP contribution in [-0.4, -0.2) is 12.4 Å². The van der Waals surface area contributed by atoms with Gasteiger partial charge in [0.2, 0.25) is 0 Å². The van der Waals surface area contributed by atoms with Crippen molar-refractivity contribution in [2.75, 3.05) is 11.9 Å². The molecule has 0 aliphatic carbocycles. The SMILES string of the molecule is Cc1c(N(C)C(=O)Cl)cccc1C(F)(F)F. The van der Waals surface area contributed by atoms with Crippen molar-refractivity contribution in [1.29, 1.82) is 0 Å². The van der Waals surface area contributed by atoms with Crippen LogP contribution in [0.1, 0.15) is 11.1 Å². The maximum atomic E-state index is 12.6. The molecule has 0 aliphatic rings. The Hall–Kier alpha value is -1.23. The van der Waals surface area contributed by atoms with Crippen LogP contribution in [0.15, 0.2) is 18.2 Å². The molecule has 0 saturated carbocycles. The minimum atomic E-state index is -4.43. The molecule has 0 fully saturated rings. The second-order valence-corrected chi connectivity index (χ2v) is 3.58. The Morgan fingerprint density at radius 2 is 1.94 bits per heavy atom. The molecule has 0 atom stereocenters. The number of halogens is 4. The maximum Gasteiger partial charge on any atom is 0.416 e. The van der Waals surface area contributed by atoms with Crippen molar-refractivity contribution in [1.82, 2.24) is 0 Å². The Labute approximate surface area is 95.6 Å². The van der Waals surface area contributed by atoms with Crippen molar-refractivity contribution in [3.05, 3.63) is 29.3 Å². The van der Waals surface area contributed by atoms with Gasteiger partial charge in [-0.25, -0.2) is 0 Å². The van der Waals surface area contributed by atoms with E-state index in [1.54, 1.807) is 0 Å². The van der Waals surface area contributed by atoms with Crippen LogP contribution in [-0.2, 0) is 6.18 Å². The summed E-state index contributed by atoms with van der Waals surface area (Å²) in [6.45, 7) is 1.30. The van der Waals surface area contributed by atoms with Crippen molar-refractivity contribution < 1.29 is 18.0 Å². The first kappa shape index (κ1) is 12.8. The Morgan fingerprint density at radius 1 is 1.38 bits per heavy atom. The second-order valence-electron chi connectivity index (χ2n) is 3.26. The van der Waals surface area contributed by atoms with E-state index in [-0.39, 0.29) is 11.3 Å². The molecule has 2 nitrogen and oxygen atoms in total. The zero-order valence-corrected chi connectivity index (χ0v) is 9.36. The van der Waals surface area contributed by atoms with Gasteiger partial charge in [-0.15, -0.1) is 0 Å². The summed E-state index contributed by atoms with van der Waals surface area (Å²) in [6, 6.07) is 3.61. The summed E-state index contributed by atoms with van der Waals surface area (Å²) in [5.74, 6) is 0. The molecule has 0 radical (unpaired) electrons. The summed E-state index contributed by atoms with van der Waals surface area (Å²) < 4.78 is 37.7. The molecule has 0 bridgehead atoms. The molecular formula is C10H9ClF3NO. The van der Waals surface area contributed by atoms with Crippen molar-refractivity contribution in [2.24, 2.45) is 0 Å². The molecule has 0 aromatic heterocycles. The molecule has 16 heavy (non-hydrogen) atoms. The molecule has 1 amide bonds. The first-order valence-corrected chi connectivity index (χ1v) is 4.73. The van der Waals surface area contributed by atoms with E-state index >= 15 is 0 Å². The fourth-order valence-corrected chi connectivity index (χ4v) is 1.48. The van der Waals surface area contributed by atoms with Gasteiger partial charge in [0.25, 0.3) is 0 Å². The molecule has 0 unspecified atom stereocenters. The van der Waals surface area contributed by atoms with Gasteiger partial charge in [-0.05, 0) is 36.2 Å². The molecule has 0 aliphatic heterocycles. The number of amides is 1. The number of benzene rings is 1. The molecule has 88 valence electrons. The van der Waals surface area contributed by atoms with E-state index in [0.29, 0.717) is 0 Å². The fraction of sp³-hybridized carbons (Fsp3) is 0.300. The van der Waals surface area contributed by atoms with Crippen LogP contribution in [0.3, 0.4) is 0 Å². The molecule has 1 aromatic rings. The summed E-state index contributed by atoms with van der Waals surface area (Å²) >= 11 is 5.21. The number of anilines is 1. The quantitative estimate of drug-likeness (QED) is 0.549. The van der Waals surface area contributed by atoms with Crippen molar-refractivity contribution in [2.45, 2.75) is 13.1 Å². The van der Waals surface area contributed by atoms with Gasteiger partial charge in [-0.2, -0.15) is 13.2 Å². The van der Waals surface area contributed by atoms with Crippen LogP contribution >= 0.6 is 11.6 Å². The summed E-state index contributed by atoms with van der Waals surface area (Å²) in [5, 5.41) is -0.831. The van der Waals surface area contributed by atoms with Gasteiger partial charge in [0.1, 0.15) is 0 Å². The van der Waals surface area contributed by atoms with Crippen molar-refractivity contribution in [3.8, 4) is 0 Å². The third-order valence-electron chi connectivity index (χ3n) is 2.24. The van der Waals surface area contributed by atoms with E-state index in [1.165, 1.54) is 26.1 Å². The predicted octanol–water partition coefficient (Wildman–Crippen LogP) is 3.81. The summed E-state index contributed by atoms with van der Waals surface area (Å²) in [6.07, 6.45) is -4.43. The van der Waals surface area contributed by atoms with E-state index in [1.807, 2.05) is 0 Å². The monoisotopic (exact) mass is 251 g/mol. The molecule has 0 heterocycles. The smallest absolute Gasteiger partial charge is 0.302 e. The first-order chi connectivity index (χ1) is 7.25. The van der Waals surface area contributed by atoms with Gasteiger partial charge < -0.3 is 4.90 Å². The van der Waals surface area contributed by atoms with Gasteiger partial charge in [0.05, 0.1) is 5.56 Å². The van der Waals surface area contributed by atoms with Crippen molar-refractivity contribution >= 4 is 22.7 Å². The predicted molar refractivity (Wildman–Crippen MR) is 55.8 cm³/mol. The highest BCUT2D eigenvalue weighted by Crippen LogP contribution is 2.35. The van der Waals surface area contributed by atoms with Gasteiger partial charge >= 0.3 is 11.5 Å². The normalized spacial score (nSPS) is 11.4. The minimum absolute atomic E-state index is 0.0218. The molecule has 0 N–H and O–H groups in total. The third kappa shape index (κ3) is 2.47. The molecule has 6 heteroatoms. The first-order valence-electron chi connectivity index (χ1n) is 4.35. The Morgan fingerprint density at radius 3 is 2.38 bits per heavy atom. The van der Waals surface area contributed by atoms with Gasteiger partial charge in [-0.1, -0.05) is 6.07 Å². The van der Waals surface area contributed by atoms with Crippen LogP contribution in [0.2, 0.25) is 0 Å². The van der Waals surface area contributed by atoms with E-state index in [9.17, 15) is 18.0 Å². The Kier molecular flexibility index (Phi) is 3.48. The lowest BCUT2D eigenvalue weighted by Gasteiger charge is -2.19. The average molecular weight is 252 g/mol. The molecule has 1 aromatic carbocycles. The summed E-state index contributed by atoms with van der Waals surface area (Å²) in [5.41, 5.74) is -0.643. The highest BCUT2D eigenvalue weighted by molar-refractivity contribution is 6.66. The van der Waals surface area contributed by atoms with E-state index < -0.39 is 17.1 Å². The number of carbonyl (C=O) groups excluding carboxylic acids is 1. The lowest BCUT2D eigenvalue weighted by molar-refractivity contribution is -0.138. The van der Waals surface area contributed by atoms with Gasteiger partial charge in [0.15, 0.2) is 0 Å². The van der Waals surface area contributed by atoms with Crippen LogP contribution in [0.4, 0.5) is 23.7 Å². The van der Waals surface area contributed by atoms with Crippen LogP contribution in [0, 0.1) is 6.92 Å². The van der Waals surface area contributed by atoms with Crippen molar-refractivity contribution in [3.63, 3.8) is 0 Å². The van der Waals surface area contributed by atoms with E-state index in [0.717, 1.165) is 11.0 Å². The molecule has 0 spiro atoms. The maximum absolute atomic E-state index is 12.6. The molecule has 1 rings (SSSR count). The Balaban J connectivity index is 3.30. The zero-order chi connectivity index (χ0) is 12.5. The largest absolute Gasteiger partial charge is 0.416 e. The lowest BCUT2D eigenvalue weighted by Crippen LogP contribution is -2.21.